The molecule has 1 aromatic carbocycles. The number of hydrogen-bond acceptors (Lipinski definition) is 1. The Hall–Kier alpha value is -0.830. The highest BCUT2D eigenvalue weighted by Crippen LogP contribution is 2.43. The number of carbonyl (C=O) groups is 1. The topological polar surface area (TPSA) is 29.1 Å². The predicted molar refractivity (Wildman–Crippen MR) is 72.1 cm³/mol. The summed E-state index contributed by atoms with van der Waals surface area (Å²) in [4.78, 5) is 12.1. The fourth-order valence-electron chi connectivity index (χ4n) is 3.20. The van der Waals surface area contributed by atoms with Crippen molar-refractivity contribution in [3.8, 4) is 0 Å². The molecule has 0 bridgehead atoms. The van der Waals surface area contributed by atoms with Crippen molar-refractivity contribution in [3.05, 3.63) is 28.2 Å². The van der Waals surface area contributed by atoms with Gasteiger partial charge in [-0.15, -0.1) is 0 Å². The molecule has 1 aliphatic heterocycles. The van der Waals surface area contributed by atoms with E-state index in [-0.39, 0.29) is 11.8 Å². The fourth-order valence-corrected chi connectivity index (χ4v) is 3.56. The minimum absolute atomic E-state index is 0.0957. The second-order valence-corrected chi connectivity index (χ2v) is 6.01. The molecule has 1 aliphatic carbocycles. The van der Waals surface area contributed by atoms with E-state index in [0.717, 1.165) is 10.2 Å². The van der Waals surface area contributed by atoms with Crippen molar-refractivity contribution < 1.29 is 4.79 Å². The monoisotopic (exact) mass is 293 g/mol. The Bertz CT molecular complexity index is 452. The summed E-state index contributed by atoms with van der Waals surface area (Å²) >= 11 is 3.45. The Kier molecular flexibility index (Phi) is 2.95. The Morgan fingerprint density at radius 2 is 1.94 bits per heavy atom. The quantitative estimate of drug-likeness (QED) is 0.831. The summed E-state index contributed by atoms with van der Waals surface area (Å²) in [6, 6.07) is 6.14. The minimum Gasteiger partial charge on any atom is -0.325 e. The third-order valence-electron chi connectivity index (χ3n) is 4.01. The first kappa shape index (κ1) is 11.3. The lowest BCUT2D eigenvalue weighted by atomic mass is 9.77. The van der Waals surface area contributed by atoms with Gasteiger partial charge in [0.15, 0.2) is 0 Å². The number of anilines is 1. The first-order chi connectivity index (χ1) is 8.25. The molecule has 0 saturated heterocycles. The number of hydrogen-bond donors (Lipinski definition) is 1. The molecule has 0 radical (unpaired) electrons. The largest absolute Gasteiger partial charge is 0.325 e. The number of fused-ring (bicyclic) bond motifs is 1. The van der Waals surface area contributed by atoms with Crippen LogP contribution in [0.25, 0.3) is 0 Å². The molecule has 2 nitrogen and oxygen atoms in total. The molecular formula is C14H16BrNO. The summed E-state index contributed by atoms with van der Waals surface area (Å²) in [7, 11) is 0. The van der Waals surface area contributed by atoms with Gasteiger partial charge in [-0.25, -0.2) is 0 Å². The highest BCUT2D eigenvalue weighted by molar-refractivity contribution is 9.10. The molecule has 3 heteroatoms. The van der Waals surface area contributed by atoms with Gasteiger partial charge in [0.05, 0.1) is 5.92 Å². The number of carbonyl (C=O) groups excluding carboxylic acids is 1. The zero-order valence-electron chi connectivity index (χ0n) is 9.71. The number of nitrogens with one attached hydrogen (secondary N) is 1. The Morgan fingerprint density at radius 3 is 2.71 bits per heavy atom. The molecule has 1 saturated carbocycles. The standard InChI is InChI=1S/C14H16BrNO/c15-10-6-7-11-12(8-10)16-14(17)13(11)9-4-2-1-3-5-9/h6-9,13H,1-5H2,(H,16,17). The SMILES string of the molecule is O=C1Nc2cc(Br)ccc2C1C1CCCCC1. The summed E-state index contributed by atoms with van der Waals surface area (Å²) in [5.41, 5.74) is 2.20. The van der Waals surface area contributed by atoms with E-state index in [1.54, 1.807) is 0 Å². The lowest BCUT2D eigenvalue weighted by molar-refractivity contribution is -0.118. The fraction of sp³-hybridized carbons (Fsp3) is 0.500. The minimum atomic E-state index is 0.0957. The number of rotatable bonds is 1. The summed E-state index contributed by atoms with van der Waals surface area (Å²) in [6.45, 7) is 0. The van der Waals surface area contributed by atoms with E-state index in [2.05, 4.69) is 27.3 Å². The predicted octanol–water partition coefficient (Wildman–Crippen LogP) is 4.07. The van der Waals surface area contributed by atoms with Crippen molar-refractivity contribution in [1.29, 1.82) is 0 Å². The maximum atomic E-state index is 12.1. The molecule has 0 spiro atoms. The molecule has 0 aromatic heterocycles. The van der Waals surface area contributed by atoms with Gasteiger partial charge >= 0.3 is 0 Å². The number of benzene rings is 1. The van der Waals surface area contributed by atoms with Gasteiger partial charge in [0.25, 0.3) is 0 Å². The Labute approximate surface area is 110 Å². The van der Waals surface area contributed by atoms with Crippen LogP contribution in [-0.2, 0) is 4.79 Å². The van der Waals surface area contributed by atoms with Crippen LogP contribution in [0.5, 0.6) is 0 Å². The summed E-state index contributed by atoms with van der Waals surface area (Å²) < 4.78 is 1.03. The first-order valence-corrected chi connectivity index (χ1v) is 7.15. The third-order valence-corrected chi connectivity index (χ3v) is 4.51. The van der Waals surface area contributed by atoms with Crippen molar-refractivity contribution >= 4 is 27.5 Å². The number of halogens is 1. The van der Waals surface area contributed by atoms with Crippen LogP contribution in [0, 0.1) is 5.92 Å². The molecule has 1 unspecified atom stereocenters. The van der Waals surface area contributed by atoms with Crippen LogP contribution in [-0.4, -0.2) is 5.91 Å². The van der Waals surface area contributed by atoms with Crippen LogP contribution in [0.15, 0.2) is 22.7 Å². The molecular weight excluding hydrogens is 278 g/mol. The van der Waals surface area contributed by atoms with Crippen LogP contribution in [0.2, 0.25) is 0 Å². The molecule has 1 heterocycles. The highest BCUT2D eigenvalue weighted by atomic mass is 79.9. The molecule has 1 amide bonds. The molecule has 1 aromatic rings. The molecule has 17 heavy (non-hydrogen) atoms. The average molecular weight is 294 g/mol. The van der Waals surface area contributed by atoms with Crippen LogP contribution in [0.4, 0.5) is 5.69 Å². The van der Waals surface area contributed by atoms with E-state index in [1.807, 2.05) is 12.1 Å². The van der Waals surface area contributed by atoms with Gasteiger partial charge in [-0.05, 0) is 36.5 Å². The normalized spacial score (nSPS) is 24.5. The lowest BCUT2D eigenvalue weighted by Gasteiger charge is -2.26. The van der Waals surface area contributed by atoms with Gasteiger partial charge in [-0.1, -0.05) is 41.3 Å². The molecule has 1 fully saturated rings. The zero-order valence-corrected chi connectivity index (χ0v) is 11.3. The number of amides is 1. The van der Waals surface area contributed by atoms with Crippen molar-refractivity contribution in [1.82, 2.24) is 0 Å². The van der Waals surface area contributed by atoms with E-state index in [1.165, 1.54) is 37.7 Å². The summed E-state index contributed by atoms with van der Waals surface area (Å²) in [5.74, 6) is 0.842. The second kappa shape index (κ2) is 4.45. The van der Waals surface area contributed by atoms with Crippen LogP contribution in [0.1, 0.15) is 43.6 Å². The summed E-state index contributed by atoms with van der Waals surface area (Å²) in [5, 5.41) is 3.02. The van der Waals surface area contributed by atoms with E-state index in [9.17, 15) is 4.79 Å². The van der Waals surface area contributed by atoms with E-state index >= 15 is 0 Å². The van der Waals surface area contributed by atoms with Crippen molar-refractivity contribution in [2.75, 3.05) is 5.32 Å². The Balaban J connectivity index is 1.93. The van der Waals surface area contributed by atoms with E-state index in [0.29, 0.717) is 5.92 Å². The maximum Gasteiger partial charge on any atom is 0.232 e. The first-order valence-electron chi connectivity index (χ1n) is 6.36. The van der Waals surface area contributed by atoms with E-state index < -0.39 is 0 Å². The molecule has 1 atom stereocenters. The van der Waals surface area contributed by atoms with Crippen molar-refractivity contribution in [2.45, 2.75) is 38.0 Å². The third kappa shape index (κ3) is 2.01. The van der Waals surface area contributed by atoms with Gasteiger partial charge in [0.2, 0.25) is 5.91 Å². The van der Waals surface area contributed by atoms with Crippen LogP contribution >= 0.6 is 15.9 Å². The van der Waals surface area contributed by atoms with Gasteiger partial charge in [0.1, 0.15) is 0 Å². The molecule has 90 valence electrons. The Morgan fingerprint density at radius 1 is 1.18 bits per heavy atom. The lowest BCUT2D eigenvalue weighted by Crippen LogP contribution is -2.22. The molecule has 2 aliphatic rings. The van der Waals surface area contributed by atoms with Gasteiger partial charge in [0, 0.05) is 10.2 Å². The van der Waals surface area contributed by atoms with Gasteiger partial charge < -0.3 is 5.32 Å². The molecule has 3 rings (SSSR count). The molecule has 1 N–H and O–H groups in total. The van der Waals surface area contributed by atoms with Gasteiger partial charge in [-0.3, -0.25) is 4.79 Å². The maximum absolute atomic E-state index is 12.1. The smallest absolute Gasteiger partial charge is 0.232 e. The van der Waals surface area contributed by atoms with Crippen molar-refractivity contribution in [3.63, 3.8) is 0 Å². The second-order valence-electron chi connectivity index (χ2n) is 5.10. The average Bonchev–Trinajstić information content (AvgIpc) is 2.65. The summed E-state index contributed by atoms with van der Waals surface area (Å²) in [6.07, 6.45) is 6.29. The zero-order chi connectivity index (χ0) is 11.8. The van der Waals surface area contributed by atoms with Crippen LogP contribution < -0.4 is 5.32 Å². The van der Waals surface area contributed by atoms with Crippen LogP contribution in [0.3, 0.4) is 0 Å². The van der Waals surface area contributed by atoms with E-state index in [4.69, 9.17) is 0 Å². The highest BCUT2D eigenvalue weighted by Gasteiger charge is 2.37. The van der Waals surface area contributed by atoms with Crippen molar-refractivity contribution in [2.24, 2.45) is 5.92 Å². The van der Waals surface area contributed by atoms with Gasteiger partial charge in [-0.2, -0.15) is 0 Å².